The first kappa shape index (κ1) is 28.5. The first-order valence-corrected chi connectivity index (χ1v) is 17.9. The lowest BCUT2D eigenvalue weighted by atomic mass is 9.78. The van der Waals surface area contributed by atoms with Crippen LogP contribution in [0.4, 0.5) is 18.9 Å². The molecule has 4 aromatic rings. The SMILES string of the molecule is Cc1nc(-c2ccc(C(F)(F)F)nn2)ccc1C1C(C2CC2)C(=O)N1c1ccc2c(c1)ncn2COCC[Si](C)(C)C. The Labute approximate surface area is 243 Å². The van der Waals surface area contributed by atoms with Crippen molar-refractivity contribution in [2.75, 3.05) is 11.5 Å². The number of nitrogens with zero attached hydrogens (tertiary/aromatic N) is 6. The van der Waals surface area contributed by atoms with Crippen LogP contribution in [0.2, 0.25) is 25.7 Å². The Hall–Kier alpha value is -3.64. The number of imidazole rings is 1. The van der Waals surface area contributed by atoms with E-state index in [1.807, 2.05) is 40.7 Å². The van der Waals surface area contributed by atoms with Crippen LogP contribution in [0.25, 0.3) is 22.4 Å². The highest BCUT2D eigenvalue weighted by Crippen LogP contribution is 2.54. The Balaban J connectivity index is 1.25. The van der Waals surface area contributed by atoms with E-state index >= 15 is 0 Å². The second kappa shape index (κ2) is 10.6. The van der Waals surface area contributed by atoms with Crippen molar-refractivity contribution in [1.29, 1.82) is 0 Å². The molecule has 1 aliphatic heterocycles. The van der Waals surface area contributed by atoms with Crippen LogP contribution in [0.15, 0.2) is 48.8 Å². The maximum absolute atomic E-state index is 13.5. The van der Waals surface area contributed by atoms with Gasteiger partial charge in [-0.2, -0.15) is 13.2 Å². The predicted molar refractivity (Wildman–Crippen MR) is 155 cm³/mol. The largest absolute Gasteiger partial charge is 0.435 e. The number of fused-ring (bicyclic) bond motifs is 1. The zero-order valence-corrected chi connectivity index (χ0v) is 25.0. The van der Waals surface area contributed by atoms with E-state index in [1.54, 1.807) is 12.4 Å². The molecule has 0 bridgehead atoms. The molecule has 42 heavy (non-hydrogen) atoms. The highest BCUT2D eigenvalue weighted by Gasteiger charge is 2.55. The third-order valence-electron chi connectivity index (χ3n) is 8.04. The number of anilines is 1. The van der Waals surface area contributed by atoms with Crippen molar-refractivity contribution in [3.05, 3.63) is 65.7 Å². The van der Waals surface area contributed by atoms with Crippen LogP contribution < -0.4 is 4.90 Å². The minimum atomic E-state index is -4.56. The van der Waals surface area contributed by atoms with Crippen molar-refractivity contribution in [1.82, 2.24) is 24.7 Å². The molecule has 1 amide bonds. The first-order chi connectivity index (χ1) is 19.9. The Bertz CT molecular complexity index is 1630. The summed E-state index contributed by atoms with van der Waals surface area (Å²) in [6.45, 7) is 9.97. The van der Waals surface area contributed by atoms with E-state index in [4.69, 9.17) is 4.74 Å². The first-order valence-electron chi connectivity index (χ1n) is 14.2. The number of amides is 1. The Morgan fingerprint density at radius 3 is 2.43 bits per heavy atom. The number of carbonyl (C=O) groups is 1. The summed E-state index contributed by atoms with van der Waals surface area (Å²) in [7, 11) is -1.17. The van der Waals surface area contributed by atoms with Gasteiger partial charge in [0, 0.05) is 26.1 Å². The molecule has 3 aromatic heterocycles. The lowest BCUT2D eigenvalue weighted by Gasteiger charge is -2.48. The molecule has 2 aliphatic rings. The Morgan fingerprint density at radius 1 is 1.02 bits per heavy atom. The molecule has 0 radical (unpaired) electrons. The van der Waals surface area contributed by atoms with Gasteiger partial charge in [0.15, 0.2) is 5.69 Å². The van der Waals surface area contributed by atoms with Crippen LogP contribution in [0.5, 0.6) is 0 Å². The fraction of sp³-hybridized carbons (Fsp3) is 0.433. The maximum Gasteiger partial charge on any atom is 0.435 e. The van der Waals surface area contributed by atoms with Gasteiger partial charge in [-0.25, -0.2) is 4.98 Å². The monoisotopic (exact) mass is 594 g/mol. The summed E-state index contributed by atoms with van der Waals surface area (Å²) >= 11 is 0. The number of alkyl halides is 3. The quantitative estimate of drug-likeness (QED) is 0.123. The molecule has 4 heterocycles. The number of ether oxygens (including phenoxy) is 1. The fourth-order valence-corrected chi connectivity index (χ4v) is 6.30. The van der Waals surface area contributed by atoms with E-state index in [1.165, 1.54) is 6.07 Å². The summed E-state index contributed by atoms with van der Waals surface area (Å²) in [6.07, 6.45) is -0.747. The molecular weight excluding hydrogens is 561 g/mol. The number of β-lactam (4-membered cyclic amide) rings is 1. The van der Waals surface area contributed by atoms with Gasteiger partial charge in [0.05, 0.1) is 35.0 Å². The van der Waals surface area contributed by atoms with Crippen LogP contribution in [-0.2, 0) is 22.4 Å². The van der Waals surface area contributed by atoms with Crippen LogP contribution in [0, 0.1) is 18.8 Å². The van der Waals surface area contributed by atoms with Crippen molar-refractivity contribution >= 4 is 30.7 Å². The van der Waals surface area contributed by atoms with Crippen LogP contribution in [-0.4, -0.2) is 45.3 Å². The molecule has 2 unspecified atom stereocenters. The maximum atomic E-state index is 13.5. The number of hydrogen-bond acceptors (Lipinski definition) is 6. The predicted octanol–water partition coefficient (Wildman–Crippen LogP) is 6.64. The molecule has 12 heteroatoms. The van der Waals surface area contributed by atoms with Gasteiger partial charge >= 0.3 is 6.18 Å². The number of hydrogen-bond donors (Lipinski definition) is 0. The molecule has 0 spiro atoms. The normalized spacial score (nSPS) is 19.4. The summed E-state index contributed by atoms with van der Waals surface area (Å²) in [6, 6.07) is 12.6. The molecule has 1 saturated carbocycles. The van der Waals surface area contributed by atoms with E-state index in [0.717, 1.165) is 53.8 Å². The van der Waals surface area contributed by atoms with Gasteiger partial charge in [0.1, 0.15) is 12.4 Å². The van der Waals surface area contributed by atoms with Crippen molar-refractivity contribution in [3.63, 3.8) is 0 Å². The fourth-order valence-electron chi connectivity index (χ4n) is 5.54. The molecule has 1 saturated heterocycles. The second-order valence-corrected chi connectivity index (χ2v) is 18.0. The summed E-state index contributed by atoms with van der Waals surface area (Å²) in [5.41, 5.74) is 3.74. The number of halogens is 3. The van der Waals surface area contributed by atoms with Crippen molar-refractivity contribution in [3.8, 4) is 11.4 Å². The second-order valence-electron chi connectivity index (χ2n) is 12.4. The molecule has 1 aliphatic carbocycles. The lowest BCUT2D eigenvalue weighted by molar-refractivity contribution is -0.141. The average Bonchev–Trinajstić information content (AvgIpc) is 3.67. The van der Waals surface area contributed by atoms with Gasteiger partial charge in [-0.05, 0) is 73.7 Å². The third kappa shape index (κ3) is 5.57. The van der Waals surface area contributed by atoms with E-state index in [2.05, 4.69) is 39.8 Å². The van der Waals surface area contributed by atoms with Crippen LogP contribution >= 0.6 is 0 Å². The molecule has 6 rings (SSSR count). The summed E-state index contributed by atoms with van der Waals surface area (Å²) in [4.78, 5) is 24.6. The Morgan fingerprint density at radius 2 is 1.79 bits per heavy atom. The minimum Gasteiger partial charge on any atom is -0.361 e. The van der Waals surface area contributed by atoms with Crippen LogP contribution in [0.3, 0.4) is 0 Å². The van der Waals surface area contributed by atoms with Gasteiger partial charge in [0.2, 0.25) is 5.91 Å². The highest BCUT2D eigenvalue weighted by atomic mass is 28.3. The summed E-state index contributed by atoms with van der Waals surface area (Å²) in [5, 5.41) is 7.07. The third-order valence-corrected chi connectivity index (χ3v) is 9.75. The topological polar surface area (TPSA) is 86.0 Å². The zero-order chi connectivity index (χ0) is 29.8. The molecule has 0 N–H and O–H groups in total. The zero-order valence-electron chi connectivity index (χ0n) is 24.0. The highest BCUT2D eigenvalue weighted by molar-refractivity contribution is 6.76. The average molecular weight is 595 g/mol. The van der Waals surface area contributed by atoms with E-state index in [-0.39, 0.29) is 23.6 Å². The Kier molecular flexibility index (Phi) is 7.16. The van der Waals surface area contributed by atoms with Crippen molar-refractivity contribution in [2.45, 2.75) is 64.4 Å². The van der Waals surface area contributed by atoms with Crippen molar-refractivity contribution in [2.24, 2.45) is 11.8 Å². The van der Waals surface area contributed by atoms with E-state index < -0.39 is 19.9 Å². The van der Waals surface area contributed by atoms with Gasteiger partial charge < -0.3 is 14.2 Å². The molecule has 220 valence electrons. The molecular formula is C30H33F3N6O2Si. The van der Waals surface area contributed by atoms with Gasteiger partial charge in [-0.15, -0.1) is 10.2 Å². The molecule has 8 nitrogen and oxygen atoms in total. The number of rotatable bonds is 9. The van der Waals surface area contributed by atoms with Gasteiger partial charge in [-0.1, -0.05) is 25.7 Å². The summed E-state index contributed by atoms with van der Waals surface area (Å²) < 4.78 is 46.6. The molecule has 2 atom stereocenters. The van der Waals surface area contributed by atoms with E-state index in [9.17, 15) is 18.0 Å². The number of aromatic nitrogens is 5. The smallest absolute Gasteiger partial charge is 0.361 e. The summed E-state index contributed by atoms with van der Waals surface area (Å²) in [5.74, 6) is 0.304. The van der Waals surface area contributed by atoms with E-state index in [0.29, 0.717) is 24.0 Å². The minimum absolute atomic E-state index is 0.0908. The molecule has 2 fully saturated rings. The number of benzene rings is 1. The number of aryl methyl sites for hydroxylation is 1. The standard InChI is InChI=1S/C30H33F3N6O2Si/c1-18-21(8-9-22(35-18)23-10-12-26(37-36-23)30(31,32)33)28-27(19-5-6-19)29(40)39(28)20-7-11-25-24(15-20)34-16-38(25)17-41-13-14-42(2,3)4/h7-12,15-16,19,27-28H,5-6,13-14,17H2,1-4H3. The number of pyridine rings is 1. The lowest BCUT2D eigenvalue weighted by Crippen LogP contribution is -2.56. The number of carbonyl (C=O) groups excluding carboxylic acids is 1. The van der Waals surface area contributed by atoms with Gasteiger partial charge in [0.25, 0.3) is 0 Å². The van der Waals surface area contributed by atoms with Gasteiger partial charge in [-0.3, -0.25) is 9.78 Å². The molecule has 1 aromatic carbocycles. The van der Waals surface area contributed by atoms with Crippen molar-refractivity contribution < 1.29 is 22.7 Å². The van der Waals surface area contributed by atoms with Crippen LogP contribution in [0.1, 0.15) is 35.8 Å².